The van der Waals surface area contributed by atoms with E-state index < -0.39 is 0 Å². The maximum absolute atomic E-state index is 13.2. The first-order chi connectivity index (χ1) is 7.63. The fraction of sp³-hybridized carbons (Fsp3) is 0.417. The van der Waals surface area contributed by atoms with Gasteiger partial charge >= 0.3 is 0 Å². The van der Waals surface area contributed by atoms with Crippen LogP contribution in [0.3, 0.4) is 0 Å². The van der Waals surface area contributed by atoms with E-state index in [1.165, 1.54) is 6.07 Å². The fourth-order valence-electron chi connectivity index (χ4n) is 1.25. The van der Waals surface area contributed by atoms with Gasteiger partial charge in [0.1, 0.15) is 5.82 Å². The Bertz CT molecular complexity index is 355. The Hall–Kier alpha value is -1.42. The van der Waals surface area contributed by atoms with Crippen LogP contribution in [0.1, 0.15) is 12.5 Å². The van der Waals surface area contributed by atoms with Gasteiger partial charge in [-0.05, 0) is 24.1 Å². The Morgan fingerprint density at radius 2 is 2.19 bits per heavy atom. The highest BCUT2D eigenvalue weighted by Gasteiger charge is 2.08. The first-order valence-corrected chi connectivity index (χ1v) is 5.33. The van der Waals surface area contributed by atoms with Crippen LogP contribution >= 0.6 is 0 Å². The molecule has 1 amide bonds. The molecule has 0 spiro atoms. The number of hydrogen-bond acceptors (Lipinski definition) is 2. The average Bonchev–Trinajstić information content (AvgIpc) is 2.29. The van der Waals surface area contributed by atoms with Crippen molar-refractivity contribution in [1.82, 2.24) is 5.32 Å². The molecule has 3 nitrogen and oxygen atoms in total. The predicted molar refractivity (Wildman–Crippen MR) is 61.3 cm³/mol. The molecule has 0 bridgehead atoms. The van der Waals surface area contributed by atoms with Crippen LogP contribution in [0.15, 0.2) is 24.3 Å². The van der Waals surface area contributed by atoms with E-state index in [0.29, 0.717) is 18.7 Å². The molecule has 1 rings (SSSR count). The number of amides is 1. The molecule has 0 aliphatic rings. The summed E-state index contributed by atoms with van der Waals surface area (Å²) in [7, 11) is 0. The van der Waals surface area contributed by atoms with Crippen molar-refractivity contribution in [2.75, 3.05) is 13.1 Å². The normalized spacial score (nSPS) is 12.2. The van der Waals surface area contributed by atoms with E-state index in [4.69, 9.17) is 5.73 Å². The number of hydrogen-bond donors (Lipinski definition) is 2. The van der Waals surface area contributed by atoms with E-state index in [9.17, 15) is 9.18 Å². The molecule has 0 fully saturated rings. The van der Waals surface area contributed by atoms with Gasteiger partial charge in [0.05, 0.1) is 6.42 Å². The van der Waals surface area contributed by atoms with E-state index >= 15 is 0 Å². The molecule has 1 atom stereocenters. The van der Waals surface area contributed by atoms with Gasteiger partial charge in [-0.1, -0.05) is 25.1 Å². The summed E-state index contributed by atoms with van der Waals surface area (Å²) in [6, 6.07) is 6.29. The first kappa shape index (κ1) is 12.6. The second-order valence-electron chi connectivity index (χ2n) is 3.91. The van der Waals surface area contributed by atoms with Crippen molar-refractivity contribution >= 4 is 5.91 Å². The molecule has 16 heavy (non-hydrogen) atoms. The Morgan fingerprint density at radius 1 is 1.50 bits per heavy atom. The van der Waals surface area contributed by atoms with Crippen LogP contribution in [0, 0.1) is 11.7 Å². The largest absolute Gasteiger partial charge is 0.355 e. The predicted octanol–water partition coefficient (Wildman–Crippen LogP) is 1.08. The van der Waals surface area contributed by atoms with Crippen LogP contribution < -0.4 is 11.1 Å². The number of halogens is 1. The maximum atomic E-state index is 13.2. The summed E-state index contributed by atoms with van der Waals surface area (Å²) >= 11 is 0. The smallest absolute Gasteiger partial charge is 0.224 e. The molecule has 1 aromatic carbocycles. The third-order valence-electron chi connectivity index (χ3n) is 2.36. The van der Waals surface area contributed by atoms with E-state index in [1.54, 1.807) is 18.2 Å². The SMILES string of the molecule is CC(CN)CNC(=O)Cc1ccccc1F. The van der Waals surface area contributed by atoms with Crippen LogP contribution in [-0.4, -0.2) is 19.0 Å². The van der Waals surface area contributed by atoms with Crippen molar-refractivity contribution < 1.29 is 9.18 Å². The van der Waals surface area contributed by atoms with Crippen molar-refractivity contribution in [2.24, 2.45) is 11.7 Å². The van der Waals surface area contributed by atoms with Crippen LogP contribution in [0.25, 0.3) is 0 Å². The molecule has 3 N–H and O–H groups in total. The minimum Gasteiger partial charge on any atom is -0.355 e. The number of benzene rings is 1. The molecule has 0 aromatic heterocycles. The second-order valence-corrected chi connectivity index (χ2v) is 3.91. The molecule has 1 unspecified atom stereocenters. The highest BCUT2D eigenvalue weighted by molar-refractivity contribution is 5.78. The molecular formula is C12H17FN2O. The Morgan fingerprint density at radius 3 is 2.81 bits per heavy atom. The van der Waals surface area contributed by atoms with Gasteiger partial charge < -0.3 is 11.1 Å². The molecule has 4 heteroatoms. The zero-order valence-electron chi connectivity index (χ0n) is 9.37. The molecule has 0 saturated carbocycles. The van der Waals surface area contributed by atoms with Gasteiger partial charge in [0.25, 0.3) is 0 Å². The van der Waals surface area contributed by atoms with Crippen molar-refractivity contribution in [1.29, 1.82) is 0 Å². The van der Waals surface area contributed by atoms with Crippen LogP contribution in [-0.2, 0) is 11.2 Å². The van der Waals surface area contributed by atoms with Gasteiger partial charge in [0.2, 0.25) is 5.91 Å². The summed E-state index contributed by atoms with van der Waals surface area (Å²) in [4.78, 5) is 11.5. The van der Waals surface area contributed by atoms with Crippen molar-refractivity contribution in [3.8, 4) is 0 Å². The van der Waals surface area contributed by atoms with E-state index in [0.717, 1.165) is 0 Å². The molecular weight excluding hydrogens is 207 g/mol. The molecule has 0 aliphatic carbocycles. The van der Waals surface area contributed by atoms with Crippen molar-refractivity contribution in [2.45, 2.75) is 13.3 Å². The summed E-state index contributed by atoms with van der Waals surface area (Å²) in [6.45, 7) is 3.01. The second kappa shape index (κ2) is 6.23. The maximum Gasteiger partial charge on any atom is 0.224 e. The zero-order valence-corrected chi connectivity index (χ0v) is 9.37. The number of nitrogens with two attached hydrogens (primary N) is 1. The zero-order chi connectivity index (χ0) is 12.0. The van der Waals surface area contributed by atoms with Gasteiger partial charge in [-0.2, -0.15) is 0 Å². The van der Waals surface area contributed by atoms with Crippen LogP contribution in [0.4, 0.5) is 4.39 Å². The minimum atomic E-state index is -0.343. The number of carbonyl (C=O) groups excluding carboxylic acids is 1. The Kier molecular flexibility index (Phi) is 4.92. The molecule has 0 radical (unpaired) electrons. The summed E-state index contributed by atoms with van der Waals surface area (Å²) < 4.78 is 13.2. The molecule has 0 saturated heterocycles. The Balaban J connectivity index is 2.43. The average molecular weight is 224 g/mol. The number of nitrogens with one attached hydrogen (secondary N) is 1. The molecule has 0 aliphatic heterocycles. The topological polar surface area (TPSA) is 55.1 Å². The van der Waals surface area contributed by atoms with E-state index in [2.05, 4.69) is 5.32 Å². The van der Waals surface area contributed by atoms with E-state index in [1.807, 2.05) is 6.92 Å². The summed E-state index contributed by atoms with van der Waals surface area (Å²) in [5, 5.41) is 2.72. The minimum absolute atomic E-state index is 0.0734. The van der Waals surface area contributed by atoms with Crippen LogP contribution in [0.5, 0.6) is 0 Å². The standard InChI is InChI=1S/C12H17FN2O/c1-9(7-14)8-15-12(16)6-10-4-2-3-5-11(10)13/h2-5,9H,6-8,14H2,1H3,(H,15,16). The van der Waals surface area contributed by atoms with Gasteiger partial charge in [-0.3, -0.25) is 4.79 Å². The lowest BCUT2D eigenvalue weighted by atomic mass is 10.1. The highest BCUT2D eigenvalue weighted by Crippen LogP contribution is 2.06. The first-order valence-electron chi connectivity index (χ1n) is 5.33. The number of rotatable bonds is 5. The monoisotopic (exact) mass is 224 g/mol. The molecule has 0 heterocycles. The lowest BCUT2D eigenvalue weighted by Gasteiger charge is -2.10. The van der Waals surface area contributed by atoms with Crippen LogP contribution in [0.2, 0.25) is 0 Å². The van der Waals surface area contributed by atoms with Gasteiger partial charge in [-0.25, -0.2) is 4.39 Å². The van der Waals surface area contributed by atoms with Gasteiger partial charge in [0.15, 0.2) is 0 Å². The third-order valence-corrected chi connectivity index (χ3v) is 2.36. The third kappa shape index (κ3) is 3.98. The van der Waals surface area contributed by atoms with Gasteiger partial charge in [0, 0.05) is 6.54 Å². The van der Waals surface area contributed by atoms with Crippen molar-refractivity contribution in [3.63, 3.8) is 0 Å². The summed E-state index contributed by atoms with van der Waals surface area (Å²) in [6.07, 6.45) is 0.0734. The summed E-state index contributed by atoms with van der Waals surface area (Å²) in [5.74, 6) is -0.278. The Labute approximate surface area is 94.8 Å². The lowest BCUT2D eigenvalue weighted by Crippen LogP contribution is -2.32. The highest BCUT2D eigenvalue weighted by atomic mass is 19.1. The summed E-state index contributed by atoms with van der Waals surface area (Å²) in [5.41, 5.74) is 5.84. The van der Waals surface area contributed by atoms with Crippen molar-refractivity contribution in [3.05, 3.63) is 35.6 Å². The van der Waals surface area contributed by atoms with Gasteiger partial charge in [-0.15, -0.1) is 0 Å². The number of carbonyl (C=O) groups is 1. The quantitative estimate of drug-likeness (QED) is 0.786. The fourth-order valence-corrected chi connectivity index (χ4v) is 1.25. The lowest BCUT2D eigenvalue weighted by molar-refractivity contribution is -0.120. The molecule has 1 aromatic rings. The molecule has 88 valence electrons. The van der Waals surface area contributed by atoms with E-state index in [-0.39, 0.29) is 24.1 Å².